The second kappa shape index (κ2) is 6.74. The Morgan fingerprint density at radius 1 is 1.00 bits per heavy atom. The molecule has 0 saturated carbocycles. The second-order valence-electron chi connectivity index (χ2n) is 5.57. The number of hydrogen-bond donors (Lipinski definition) is 0. The van der Waals surface area contributed by atoms with Crippen LogP contribution in [0.1, 0.15) is 5.69 Å². The normalized spacial score (nSPS) is 16.2. The number of nitrogens with zero attached hydrogens (tertiary/aromatic N) is 4. The molecule has 0 aliphatic carbocycles. The third kappa shape index (κ3) is 3.20. The molecule has 0 N–H and O–H groups in total. The van der Waals surface area contributed by atoms with Gasteiger partial charge in [0.05, 0.1) is 12.8 Å². The molecule has 8 heteroatoms. The van der Waals surface area contributed by atoms with Gasteiger partial charge in [0.2, 0.25) is 10.0 Å². The Kier molecular flexibility index (Phi) is 4.68. The van der Waals surface area contributed by atoms with Crippen molar-refractivity contribution >= 4 is 15.8 Å². The Hall–Kier alpha value is -2.19. The summed E-state index contributed by atoms with van der Waals surface area (Å²) in [5, 5.41) is 8.21. The number of methoxy groups -OCH3 is 1. The summed E-state index contributed by atoms with van der Waals surface area (Å²) in [5.74, 6) is 1.14. The van der Waals surface area contributed by atoms with Crippen LogP contribution in [0.4, 0.5) is 5.82 Å². The lowest BCUT2D eigenvalue weighted by molar-refractivity contribution is 0.373. The van der Waals surface area contributed by atoms with Gasteiger partial charge in [-0.25, -0.2) is 8.42 Å². The minimum atomic E-state index is -3.57. The zero-order valence-electron chi connectivity index (χ0n) is 13.7. The first-order valence-corrected chi connectivity index (χ1v) is 9.15. The average Bonchev–Trinajstić information content (AvgIpc) is 2.62. The maximum absolute atomic E-state index is 12.9. The van der Waals surface area contributed by atoms with Crippen LogP contribution in [0.2, 0.25) is 0 Å². The monoisotopic (exact) mass is 348 g/mol. The van der Waals surface area contributed by atoms with E-state index >= 15 is 0 Å². The van der Waals surface area contributed by atoms with Gasteiger partial charge in [-0.2, -0.15) is 9.40 Å². The lowest BCUT2D eigenvalue weighted by Gasteiger charge is -2.34. The van der Waals surface area contributed by atoms with E-state index in [-0.39, 0.29) is 4.90 Å². The Bertz CT molecular complexity index is 800. The molecule has 0 atom stereocenters. The van der Waals surface area contributed by atoms with Crippen LogP contribution in [0.3, 0.4) is 0 Å². The van der Waals surface area contributed by atoms with Crippen LogP contribution in [0.25, 0.3) is 0 Å². The van der Waals surface area contributed by atoms with Crippen molar-refractivity contribution in [1.82, 2.24) is 14.5 Å². The summed E-state index contributed by atoms with van der Waals surface area (Å²) in [4.78, 5) is 2.25. The molecule has 128 valence electrons. The number of ether oxygens (including phenoxy) is 1. The van der Waals surface area contributed by atoms with E-state index in [0.717, 1.165) is 11.5 Å². The molecule has 0 spiro atoms. The number of para-hydroxylation sites is 1. The number of rotatable bonds is 4. The van der Waals surface area contributed by atoms with E-state index in [9.17, 15) is 8.42 Å². The van der Waals surface area contributed by atoms with E-state index in [4.69, 9.17) is 4.74 Å². The molecule has 7 nitrogen and oxygen atoms in total. The fraction of sp³-hybridized carbons (Fsp3) is 0.375. The highest BCUT2D eigenvalue weighted by molar-refractivity contribution is 7.89. The number of piperazine rings is 1. The summed E-state index contributed by atoms with van der Waals surface area (Å²) in [6, 6.07) is 10.5. The second-order valence-corrected chi connectivity index (χ2v) is 7.48. The standard InChI is InChI=1S/C16H20N4O3S/c1-13-7-8-16(18-17-13)19-9-11-20(12-10-19)24(21,22)15-6-4-3-5-14(15)23-2/h3-8H,9-12H2,1-2H3. The Morgan fingerprint density at radius 2 is 1.71 bits per heavy atom. The van der Waals surface area contributed by atoms with Crippen molar-refractivity contribution < 1.29 is 13.2 Å². The Labute approximate surface area is 141 Å². The van der Waals surface area contributed by atoms with E-state index in [1.165, 1.54) is 11.4 Å². The van der Waals surface area contributed by atoms with Crippen molar-refractivity contribution in [3.05, 3.63) is 42.1 Å². The van der Waals surface area contributed by atoms with Crippen LogP contribution in [-0.2, 0) is 10.0 Å². The molecule has 1 aliphatic rings. The van der Waals surface area contributed by atoms with Crippen LogP contribution >= 0.6 is 0 Å². The van der Waals surface area contributed by atoms with Gasteiger partial charge in [-0.1, -0.05) is 12.1 Å². The molecule has 1 aromatic carbocycles. The third-order valence-electron chi connectivity index (χ3n) is 4.03. The van der Waals surface area contributed by atoms with Crippen molar-refractivity contribution in [1.29, 1.82) is 0 Å². The lowest BCUT2D eigenvalue weighted by Crippen LogP contribution is -2.49. The Morgan fingerprint density at radius 3 is 2.33 bits per heavy atom. The quantitative estimate of drug-likeness (QED) is 0.829. The highest BCUT2D eigenvalue weighted by Crippen LogP contribution is 2.27. The number of sulfonamides is 1. The zero-order valence-corrected chi connectivity index (χ0v) is 14.5. The summed E-state index contributed by atoms with van der Waals surface area (Å²) < 4.78 is 32.4. The molecular formula is C16H20N4O3S. The van der Waals surface area contributed by atoms with Crippen LogP contribution in [0.15, 0.2) is 41.3 Å². The highest BCUT2D eigenvalue weighted by Gasteiger charge is 2.31. The van der Waals surface area contributed by atoms with E-state index in [1.54, 1.807) is 24.3 Å². The van der Waals surface area contributed by atoms with E-state index in [1.807, 2.05) is 24.0 Å². The molecule has 0 unspecified atom stereocenters. The first kappa shape index (κ1) is 16.7. The van der Waals surface area contributed by atoms with Crippen LogP contribution in [0, 0.1) is 6.92 Å². The van der Waals surface area contributed by atoms with E-state index < -0.39 is 10.0 Å². The maximum atomic E-state index is 12.9. The van der Waals surface area contributed by atoms with Gasteiger partial charge in [-0.05, 0) is 31.2 Å². The Balaban J connectivity index is 1.75. The van der Waals surface area contributed by atoms with Gasteiger partial charge in [0.1, 0.15) is 10.6 Å². The number of aromatic nitrogens is 2. The molecule has 1 fully saturated rings. The highest BCUT2D eigenvalue weighted by atomic mass is 32.2. The number of benzene rings is 1. The van der Waals surface area contributed by atoms with Gasteiger partial charge >= 0.3 is 0 Å². The molecule has 0 amide bonds. The molecule has 0 bridgehead atoms. The topological polar surface area (TPSA) is 75.6 Å². The van der Waals surface area contributed by atoms with Crippen molar-refractivity contribution in [2.24, 2.45) is 0 Å². The SMILES string of the molecule is COc1ccccc1S(=O)(=O)N1CCN(c2ccc(C)nn2)CC1. The van der Waals surface area contributed by atoms with Crippen molar-refractivity contribution in [3.63, 3.8) is 0 Å². The third-order valence-corrected chi connectivity index (χ3v) is 5.97. The van der Waals surface area contributed by atoms with Crippen molar-refractivity contribution in [3.8, 4) is 5.75 Å². The molecule has 2 heterocycles. The van der Waals surface area contributed by atoms with Gasteiger partial charge in [-0.15, -0.1) is 5.10 Å². The largest absolute Gasteiger partial charge is 0.495 e. The van der Waals surface area contributed by atoms with Gasteiger partial charge in [0, 0.05) is 26.2 Å². The summed E-state index contributed by atoms with van der Waals surface area (Å²) >= 11 is 0. The molecule has 0 radical (unpaired) electrons. The predicted molar refractivity (Wildman–Crippen MR) is 90.7 cm³/mol. The first-order valence-electron chi connectivity index (χ1n) is 7.71. The zero-order chi connectivity index (χ0) is 17.2. The number of anilines is 1. The van der Waals surface area contributed by atoms with Gasteiger partial charge in [-0.3, -0.25) is 0 Å². The van der Waals surface area contributed by atoms with Crippen molar-refractivity contribution in [2.45, 2.75) is 11.8 Å². The van der Waals surface area contributed by atoms with Crippen LogP contribution in [0.5, 0.6) is 5.75 Å². The van der Waals surface area contributed by atoms with Gasteiger partial charge in [0.25, 0.3) is 0 Å². The molecule has 2 aromatic rings. The fourth-order valence-electron chi connectivity index (χ4n) is 2.69. The van der Waals surface area contributed by atoms with Crippen LogP contribution < -0.4 is 9.64 Å². The summed E-state index contributed by atoms with van der Waals surface area (Å²) in [7, 11) is -2.10. The van der Waals surface area contributed by atoms with Gasteiger partial charge < -0.3 is 9.64 Å². The van der Waals surface area contributed by atoms with E-state index in [0.29, 0.717) is 31.9 Å². The first-order chi connectivity index (χ1) is 11.5. The van der Waals surface area contributed by atoms with Gasteiger partial charge in [0.15, 0.2) is 5.82 Å². The maximum Gasteiger partial charge on any atom is 0.246 e. The summed E-state index contributed by atoms with van der Waals surface area (Å²) in [6.45, 7) is 3.83. The number of aryl methyl sites for hydroxylation is 1. The van der Waals surface area contributed by atoms with Crippen LogP contribution in [-0.4, -0.2) is 56.2 Å². The number of hydrogen-bond acceptors (Lipinski definition) is 6. The predicted octanol–water partition coefficient (Wildman–Crippen LogP) is 1.30. The minimum absolute atomic E-state index is 0.205. The summed E-state index contributed by atoms with van der Waals surface area (Å²) in [5.41, 5.74) is 0.858. The summed E-state index contributed by atoms with van der Waals surface area (Å²) in [6.07, 6.45) is 0. The molecule has 24 heavy (non-hydrogen) atoms. The van der Waals surface area contributed by atoms with E-state index in [2.05, 4.69) is 10.2 Å². The smallest absolute Gasteiger partial charge is 0.246 e. The molecule has 1 aliphatic heterocycles. The molecule has 3 rings (SSSR count). The minimum Gasteiger partial charge on any atom is -0.495 e. The molecule has 1 saturated heterocycles. The molecular weight excluding hydrogens is 328 g/mol. The van der Waals surface area contributed by atoms with Crippen molar-refractivity contribution in [2.75, 3.05) is 38.2 Å². The molecule has 1 aromatic heterocycles. The average molecular weight is 348 g/mol. The lowest BCUT2D eigenvalue weighted by atomic mass is 10.3. The fourth-order valence-corrected chi connectivity index (χ4v) is 4.27.